The number of aliphatic imine (C=N–C) groups is 1. The first-order valence-corrected chi connectivity index (χ1v) is 8.46. The molecule has 2 heterocycles. The SMILES string of the molecule is ON1C=CC=NC1N1CC2C(CNCc3ccc(Cl)cc3)C2C1. The third-order valence-corrected chi connectivity index (χ3v) is 5.38. The first-order valence-electron chi connectivity index (χ1n) is 8.09. The van der Waals surface area contributed by atoms with Crippen molar-refractivity contribution in [2.75, 3.05) is 19.6 Å². The topological polar surface area (TPSA) is 51.1 Å². The molecule has 4 rings (SSSR count). The molecule has 1 saturated carbocycles. The molecule has 6 heteroatoms. The highest BCUT2D eigenvalue weighted by atomic mass is 35.5. The second-order valence-corrected chi connectivity index (χ2v) is 7.01. The standard InChI is InChI=1S/C17H21ClN4O/c18-13-4-2-12(3-5-13)8-19-9-14-15-10-21(11-16(14)15)17-20-6-1-7-22(17)23/h1-7,14-17,19,23H,8-11H2. The molecule has 1 aromatic rings. The molecule has 23 heavy (non-hydrogen) atoms. The average Bonchev–Trinajstić information content (AvgIpc) is 3.01. The van der Waals surface area contributed by atoms with Crippen LogP contribution in [0, 0.1) is 17.8 Å². The molecular weight excluding hydrogens is 312 g/mol. The number of fused-ring (bicyclic) bond motifs is 1. The number of halogens is 1. The van der Waals surface area contributed by atoms with Gasteiger partial charge >= 0.3 is 0 Å². The van der Waals surface area contributed by atoms with Crippen molar-refractivity contribution in [1.29, 1.82) is 0 Å². The van der Waals surface area contributed by atoms with E-state index in [2.05, 4.69) is 27.3 Å². The maximum absolute atomic E-state index is 9.85. The van der Waals surface area contributed by atoms with Gasteiger partial charge in [0.2, 0.25) is 6.29 Å². The molecule has 0 amide bonds. The van der Waals surface area contributed by atoms with Crippen LogP contribution < -0.4 is 5.32 Å². The summed E-state index contributed by atoms with van der Waals surface area (Å²) < 4.78 is 0. The first-order chi connectivity index (χ1) is 11.2. The number of hydrogen-bond donors (Lipinski definition) is 2. The average molecular weight is 333 g/mol. The van der Waals surface area contributed by atoms with Crippen molar-refractivity contribution in [3.05, 3.63) is 47.1 Å². The minimum Gasteiger partial charge on any atom is -0.312 e. The van der Waals surface area contributed by atoms with Gasteiger partial charge in [0.15, 0.2) is 0 Å². The maximum atomic E-state index is 9.85. The second kappa shape index (κ2) is 6.24. The van der Waals surface area contributed by atoms with E-state index in [0.29, 0.717) is 0 Å². The summed E-state index contributed by atoms with van der Waals surface area (Å²) in [5, 5.41) is 15.4. The van der Waals surface area contributed by atoms with Gasteiger partial charge in [-0.15, -0.1) is 0 Å². The Bertz CT molecular complexity index is 606. The van der Waals surface area contributed by atoms with Gasteiger partial charge in [-0.1, -0.05) is 23.7 Å². The minimum atomic E-state index is -0.240. The van der Waals surface area contributed by atoms with Crippen LogP contribution in [0.3, 0.4) is 0 Å². The van der Waals surface area contributed by atoms with E-state index in [0.717, 1.165) is 49.0 Å². The molecule has 5 nitrogen and oxygen atoms in total. The number of rotatable bonds is 5. The quantitative estimate of drug-likeness (QED) is 0.868. The van der Waals surface area contributed by atoms with Gasteiger partial charge in [0.05, 0.1) is 0 Å². The van der Waals surface area contributed by atoms with Crippen LogP contribution in [0.5, 0.6) is 0 Å². The molecule has 0 bridgehead atoms. The molecule has 1 aromatic carbocycles. The summed E-state index contributed by atoms with van der Waals surface area (Å²) in [6, 6.07) is 7.99. The van der Waals surface area contributed by atoms with Crippen LogP contribution in [0.25, 0.3) is 0 Å². The van der Waals surface area contributed by atoms with Gasteiger partial charge in [-0.05, 0) is 48.1 Å². The van der Waals surface area contributed by atoms with Gasteiger partial charge in [-0.3, -0.25) is 15.1 Å². The van der Waals surface area contributed by atoms with Crippen molar-refractivity contribution in [3.63, 3.8) is 0 Å². The Balaban J connectivity index is 1.21. The molecule has 122 valence electrons. The highest BCUT2D eigenvalue weighted by molar-refractivity contribution is 6.30. The van der Waals surface area contributed by atoms with E-state index in [1.165, 1.54) is 10.6 Å². The summed E-state index contributed by atoms with van der Waals surface area (Å²) in [7, 11) is 0. The van der Waals surface area contributed by atoms with Crippen LogP contribution in [-0.4, -0.2) is 47.3 Å². The maximum Gasteiger partial charge on any atom is 0.201 e. The lowest BCUT2D eigenvalue weighted by molar-refractivity contribution is -0.127. The zero-order valence-electron chi connectivity index (χ0n) is 12.8. The number of piperidine rings is 1. The summed E-state index contributed by atoms with van der Waals surface area (Å²) in [5.41, 5.74) is 1.26. The molecule has 1 aliphatic carbocycles. The summed E-state index contributed by atoms with van der Waals surface area (Å²) in [6.45, 7) is 3.98. The van der Waals surface area contributed by atoms with Crippen molar-refractivity contribution in [2.45, 2.75) is 12.8 Å². The van der Waals surface area contributed by atoms with Crippen molar-refractivity contribution >= 4 is 17.8 Å². The van der Waals surface area contributed by atoms with Crippen molar-refractivity contribution in [1.82, 2.24) is 15.3 Å². The van der Waals surface area contributed by atoms with Crippen LogP contribution in [0.15, 0.2) is 41.5 Å². The Morgan fingerprint density at radius 1 is 1.22 bits per heavy atom. The van der Waals surface area contributed by atoms with E-state index in [-0.39, 0.29) is 6.29 Å². The highest BCUT2D eigenvalue weighted by Crippen LogP contribution is 2.51. The number of hydroxylamine groups is 2. The molecule has 0 spiro atoms. The van der Waals surface area contributed by atoms with Gasteiger partial charge < -0.3 is 5.32 Å². The zero-order valence-corrected chi connectivity index (χ0v) is 13.6. The van der Waals surface area contributed by atoms with E-state index >= 15 is 0 Å². The molecule has 3 unspecified atom stereocenters. The number of allylic oxidation sites excluding steroid dienone is 1. The predicted molar refractivity (Wildman–Crippen MR) is 90.2 cm³/mol. The number of hydrogen-bond acceptors (Lipinski definition) is 5. The predicted octanol–water partition coefficient (Wildman–Crippen LogP) is 2.18. The van der Waals surface area contributed by atoms with Crippen LogP contribution in [0.1, 0.15) is 5.56 Å². The van der Waals surface area contributed by atoms with E-state index in [4.69, 9.17) is 11.6 Å². The van der Waals surface area contributed by atoms with E-state index in [9.17, 15) is 5.21 Å². The minimum absolute atomic E-state index is 0.240. The number of nitrogens with zero attached hydrogens (tertiary/aromatic N) is 3. The smallest absolute Gasteiger partial charge is 0.201 e. The summed E-state index contributed by atoms with van der Waals surface area (Å²) in [6.07, 6.45) is 4.92. The van der Waals surface area contributed by atoms with Crippen LogP contribution in [0.4, 0.5) is 0 Å². The largest absolute Gasteiger partial charge is 0.312 e. The molecule has 1 saturated heterocycles. The summed E-state index contributed by atoms with van der Waals surface area (Å²) in [4.78, 5) is 6.60. The van der Waals surface area contributed by atoms with E-state index in [1.807, 2.05) is 12.1 Å². The van der Waals surface area contributed by atoms with E-state index < -0.39 is 0 Å². The third-order valence-electron chi connectivity index (χ3n) is 5.13. The summed E-state index contributed by atoms with van der Waals surface area (Å²) >= 11 is 5.90. The molecule has 0 aromatic heterocycles. The molecule has 2 fully saturated rings. The Hall–Kier alpha value is -1.40. The second-order valence-electron chi connectivity index (χ2n) is 6.57. The van der Waals surface area contributed by atoms with Crippen LogP contribution >= 0.6 is 11.6 Å². The van der Waals surface area contributed by atoms with Crippen molar-refractivity contribution < 1.29 is 5.21 Å². The molecule has 3 atom stereocenters. The first kappa shape index (κ1) is 15.1. The van der Waals surface area contributed by atoms with Crippen LogP contribution in [-0.2, 0) is 6.54 Å². The monoisotopic (exact) mass is 332 g/mol. The Morgan fingerprint density at radius 3 is 2.65 bits per heavy atom. The van der Waals surface area contributed by atoms with Crippen LogP contribution in [0.2, 0.25) is 5.02 Å². The van der Waals surface area contributed by atoms with Crippen molar-refractivity contribution in [2.24, 2.45) is 22.7 Å². The lowest BCUT2D eigenvalue weighted by Gasteiger charge is -2.32. The van der Waals surface area contributed by atoms with Gasteiger partial charge in [-0.2, -0.15) is 0 Å². The molecule has 2 N–H and O–H groups in total. The molecule has 2 aliphatic heterocycles. The van der Waals surface area contributed by atoms with Gasteiger partial charge in [-0.25, -0.2) is 5.06 Å². The number of benzene rings is 1. The Labute approximate surface area is 141 Å². The fraction of sp³-hybridized carbons (Fsp3) is 0.471. The van der Waals surface area contributed by atoms with E-state index in [1.54, 1.807) is 18.5 Å². The molecule has 3 aliphatic rings. The molecule has 0 radical (unpaired) electrons. The third kappa shape index (κ3) is 3.15. The zero-order chi connectivity index (χ0) is 15.8. The van der Waals surface area contributed by atoms with Gasteiger partial charge in [0.1, 0.15) is 0 Å². The molecular formula is C17H21ClN4O. The fourth-order valence-corrected chi connectivity index (χ4v) is 3.95. The fourth-order valence-electron chi connectivity index (χ4n) is 3.82. The van der Waals surface area contributed by atoms with Crippen molar-refractivity contribution in [3.8, 4) is 0 Å². The highest BCUT2D eigenvalue weighted by Gasteiger charge is 2.56. The summed E-state index contributed by atoms with van der Waals surface area (Å²) in [5.74, 6) is 2.23. The van der Waals surface area contributed by atoms with Gasteiger partial charge in [0, 0.05) is 37.1 Å². The normalized spacial score (nSPS) is 32.3. The Kier molecular flexibility index (Phi) is 4.11. The lowest BCUT2D eigenvalue weighted by Crippen LogP contribution is -2.45. The lowest BCUT2D eigenvalue weighted by atomic mass is 10.2. The van der Waals surface area contributed by atoms with Gasteiger partial charge in [0.25, 0.3) is 0 Å². The number of likely N-dealkylation sites (tertiary alicyclic amines) is 1. The Morgan fingerprint density at radius 2 is 1.96 bits per heavy atom. The number of nitrogens with one attached hydrogen (secondary N) is 1.